The molecule has 0 aliphatic heterocycles. The molecule has 0 fully saturated rings. The van der Waals surface area contributed by atoms with Crippen molar-refractivity contribution in [3.8, 4) is 0 Å². The van der Waals surface area contributed by atoms with Gasteiger partial charge < -0.3 is 0 Å². The standard InChI is InChI=1S/2C8H12.3ClHO4.Rh/c2*1-2-4-6-8-7-5-3-1;3*2-1(3,4)5;/h2*1-2,7-8H,3-6H2;3*(H,2,3,4,5);/q;;;;;+3/p-3/b2*2-1-,8-7-;;;;. The SMILES string of the molecule is C1=C\CC/C=C\CC/1.C1=C\CC/C=C\CC/1.[O-][Cl+3]([O-])([O-])[O-].[O-][Cl+3]([O-])([O-])[O-].[O-][Cl+3]([O-])([O-])[O-].[Rh+3]. The van der Waals surface area contributed by atoms with Gasteiger partial charge in [0, 0.05) is 0 Å². The predicted octanol–water partition coefficient (Wildman–Crippen LogP) is -8.92. The second-order valence-corrected chi connectivity index (χ2v) is 7.60. The quantitative estimate of drug-likeness (QED) is 0.181. The van der Waals surface area contributed by atoms with E-state index in [0.29, 0.717) is 0 Å². The van der Waals surface area contributed by atoms with Crippen molar-refractivity contribution in [3.05, 3.63) is 48.6 Å². The van der Waals surface area contributed by atoms with Gasteiger partial charge in [0.2, 0.25) is 0 Å². The topological polar surface area (TPSA) is 277 Å². The minimum Gasteiger partial charge on any atom is -0.222 e. The molecular formula is C16H24Cl3O12Rh. The summed E-state index contributed by atoms with van der Waals surface area (Å²) in [5.74, 6) is 0. The minimum absolute atomic E-state index is 0. The average Bonchev–Trinajstić information content (AvgIpc) is 2.40. The van der Waals surface area contributed by atoms with E-state index in [0.717, 1.165) is 0 Å². The Bertz CT molecular complexity index is 385. The van der Waals surface area contributed by atoms with E-state index in [4.69, 9.17) is 55.9 Å². The van der Waals surface area contributed by atoms with Gasteiger partial charge in [-0.05, 0) is 51.4 Å². The summed E-state index contributed by atoms with van der Waals surface area (Å²) in [5.41, 5.74) is 0. The zero-order chi connectivity index (χ0) is 24.8. The maximum atomic E-state index is 8.49. The Morgan fingerprint density at radius 3 is 0.406 bits per heavy atom. The van der Waals surface area contributed by atoms with Crippen molar-refractivity contribution in [2.45, 2.75) is 51.4 Å². The van der Waals surface area contributed by atoms with Gasteiger partial charge in [0.05, 0.1) is 0 Å². The third-order valence-electron chi connectivity index (χ3n) is 2.67. The van der Waals surface area contributed by atoms with Crippen LogP contribution in [-0.4, -0.2) is 0 Å². The molecule has 2 aliphatic rings. The van der Waals surface area contributed by atoms with Crippen molar-refractivity contribution in [2.75, 3.05) is 0 Å². The van der Waals surface area contributed by atoms with Gasteiger partial charge >= 0.3 is 19.5 Å². The first-order valence-electron chi connectivity index (χ1n) is 8.45. The Morgan fingerprint density at radius 2 is 0.344 bits per heavy atom. The average molecular weight is 618 g/mol. The maximum Gasteiger partial charge on any atom is 3.00 e. The summed E-state index contributed by atoms with van der Waals surface area (Å²) in [4.78, 5) is 0. The molecule has 0 aromatic heterocycles. The van der Waals surface area contributed by atoms with Crippen LogP contribution in [0.4, 0.5) is 0 Å². The number of hydrogen-bond acceptors (Lipinski definition) is 12. The Morgan fingerprint density at radius 1 is 0.281 bits per heavy atom. The third kappa shape index (κ3) is 98.6. The second kappa shape index (κ2) is 24.1. The normalized spacial score (nSPS) is 19.6. The van der Waals surface area contributed by atoms with Crippen LogP contribution in [-0.2, 0) is 19.5 Å². The van der Waals surface area contributed by atoms with Crippen LogP contribution in [0, 0.1) is 30.7 Å². The molecule has 0 bridgehead atoms. The number of halogens is 3. The molecule has 0 unspecified atom stereocenters. The molecule has 0 radical (unpaired) electrons. The zero-order valence-corrected chi connectivity index (χ0v) is 20.5. The minimum atomic E-state index is -4.94. The van der Waals surface area contributed by atoms with Crippen molar-refractivity contribution < 1.29 is 106 Å². The van der Waals surface area contributed by atoms with Crippen LogP contribution in [0.3, 0.4) is 0 Å². The fraction of sp³-hybridized carbons (Fsp3) is 0.500. The molecule has 0 spiro atoms. The molecule has 0 saturated heterocycles. The molecule has 16 heteroatoms. The second-order valence-electron chi connectivity index (χ2n) is 5.33. The fourth-order valence-corrected chi connectivity index (χ4v) is 1.71. The molecule has 12 nitrogen and oxygen atoms in total. The molecule has 2 aliphatic carbocycles. The van der Waals surface area contributed by atoms with E-state index in [1.54, 1.807) is 0 Å². The number of hydrogen-bond donors (Lipinski definition) is 0. The molecule has 0 aromatic carbocycles. The largest absolute Gasteiger partial charge is 3.00 e. The third-order valence-corrected chi connectivity index (χ3v) is 2.67. The van der Waals surface area contributed by atoms with E-state index in [9.17, 15) is 0 Å². The molecule has 0 N–H and O–H groups in total. The van der Waals surface area contributed by atoms with Crippen molar-refractivity contribution in [3.63, 3.8) is 0 Å². The van der Waals surface area contributed by atoms with Gasteiger partial charge in [-0.3, -0.25) is 0 Å². The van der Waals surface area contributed by atoms with E-state index in [-0.39, 0.29) is 19.5 Å². The zero-order valence-electron chi connectivity index (χ0n) is 16.6. The van der Waals surface area contributed by atoms with Crippen LogP contribution in [0.2, 0.25) is 0 Å². The summed E-state index contributed by atoms with van der Waals surface area (Å²) in [7, 11) is -14.8. The smallest absolute Gasteiger partial charge is 0.222 e. The molecule has 32 heavy (non-hydrogen) atoms. The molecule has 0 atom stereocenters. The van der Waals surface area contributed by atoms with Crippen LogP contribution in [0.15, 0.2) is 48.6 Å². The van der Waals surface area contributed by atoms with E-state index >= 15 is 0 Å². The summed E-state index contributed by atoms with van der Waals surface area (Å²) < 4.78 is 102. The van der Waals surface area contributed by atoms with E-state index < -0.39 is 30.7 Å². The Hall–Kier alpha value is -0.0266. The number of allylic oxidation sites excluding steroid dienone is 8. The molecule has 0 saturated carbocycles. The van der Waals surface area contributed by atoms with Gasteiger partial charge in [0.15, 0.2) is 0 Å². The summed E-state index contributed by atoms with van der Waals surface area (Å²) in [6, 6.07) is 0. The van der Waals surface area contributed by atoms with Gasteiger partial charge in [-0.2, -0.15) is 0 Å². The molecule has 2 rings (SSSR count). The number of rotatable bonds is 0. The summed E-state index contributed by atoms with van der Waals surface area (Å²) in [6.07, 6.45) is 28.0. The first-order valence-corrected chi connectivity index (χ1v) is 12.2. The maximum absolute atomic E-state index is 8.49. The summed E-state index contributed by atoms with van der Waals surface area (Å²) >= 11 is 0. The van der Waals surface area contributed by atoms with Crippen molar-refractivity contribution >= 4 is 0 Å². The van der Waals surface area contributed by atoms with Crippen LogP contribution in [0.25, 0.3) is 0 Å². The van der Waals surface area contributed by atoms with Crippen LogP contribution < -0.4 is 55.9 Å². The molecule has 0 amide bonds. The molecule has 0 heterocycles. The van der Waals surface area contributed by atoms with Crippen LogP contribution >= 0.6 is 0 Å². The fourth-order valence-electron chi connectivity index (χ4n) is 1.71. The van der Waals surface area contributed by atoms with Gasteiger partial charge in [-0.25, -0.2) is 55.9 Å². The van der Waals surface area contributed by atoms with Crippen molar-refractivity contribution in [1.29, 1.82) is 0 Å². The van der Waals surface area contributed by atoms with E-state index in [2.05, 4.69) is 48.6 Å². The Labute approximate surface area is 205 Å². The van der Waals surface area contributed by atoms with Crippen molar-refractivity contribution in [2.24, 2.45) is 0 Å². The molecule has 190 valence electrons. The predicted molar refractivity (Wildman–Crippen MR) is 73.5 cm³/mol. The first kappa shape index (κ1) is 39.2. The van der Waals surface area contributed by atoms with Gasteiger partial charge in [-0.1, -0.05) is 48.6 Å². The van der Waals surface area contributed by atoms with E-state index in [1.807, 2.05) is 0 Å². The monoisotopic (exact) mass is 616 g/mol. The van der Waals surface area contributed by atoms with Gasteiger partial charge in [-0.15, -0.1) is 30.7 Å². The van der Waals surface area contributed by atoms with Crippen LogP contribution in [0.5, 0.6) is 0 Å². The van der Waals surface area contributed by atoms with E-state index in [1.165, 1.54) is 51.4 Å². The van der Waals surface area contributed by atoms with Crippen LogP contribution in [0.1, 0.15) is 51.4 Å². The van der Waals surface area contributed by atoms with Gasteiger partial charge in [0.25, 0.3) is 0 Å². The molecule has 0 aromatic rings. The van der Waals surface area contributed by atoms with Crippen molar-refractivity contribution in [1.82, 2.24) is 0 Å². The molecular weight excluding hydrogens is 593 g/mol. The summed E-state index contributed by atoms with van der Waals surface area (Å²) in [5, 5.41) is 0. The van der Waals surface area contributed by atoms with Gasteiger partial charge in [0.1, 0.15) is 0 Å². The first-order chi connectivity index (χ1) is 14.0. The summed E-state index contributed by atoms with van der Waals surface area (Å²) in [6.45, 7) is 0. The Kier molecular flexibility index (Phi) is 29.5. The Balaban J connectivity index is -0.000000156.